The number of alkyl halides is 1. The van der Waals surface area contributed by atoms with Gasteiger partial charge in [0.25, 0.3) is 0 Å². The van der Waals surface area contributed by atoms with Crippen molar-refractivity contribution in [2.45, 2.75) is 103 Å². The molecule has 0 aromatic carbocycles. The van der Waals surface area contributed by atoms with E-state index >= 15 is 0 Å². The molecular formula is C20H45FO3Si. The molecule has 0 radical (unpaired) electrons. The molecule has 0 saturated heterocycles. The molecule has 0 fully saturated rings. The van der Waals surface area contributed by atoms with Crippen molar-refractivity contribution in [3.63, 3.8) is 0 Å². The van der Waals surface area contributed by atoms with E-state index in [1.54, 1.807) is 21.3 Å². The molecule has 0 aliphatic carbocycles. The summed E-state index contributed by atoms with van der Waals surface area (Å²) in [5.41, 5.74) is 0. The maximum absolute atomic E-state index is 11.8. The highest BCUT2D eigenvalue weighted by Gasteiger charge is 2.05. The zero-order chi connectivity index (χ0) is 19.0. The zero-order valence-electron chi connectivity index (χ0n) is 17.5. The van der Waals surface area contributed by atoms with E-state index in [1.165, 1.54) is 83.5 Å². The van der Waals surface area contributed by atoms with Gasteiger partial charge in [0.1, 0.15) is 0 Å². The summed E-state index contributed by atoms with van der Waals surface area (Å²) in [6.07, 6.45) is 20.0. The average Bonchev–Trinajstić information content (AvgIpc) is 2.64. The Bertz CT molecular complexity index is 196. The van der Waals surface area contributed by atoms with Crippen molar-refractivity contribution in [1.82, 2.24) is 0 Å². The van der Waals surface area contributed by atoms with Crippen LogP contribution in [0.15, 0.2) is 0 Å². The molecule has 0 saturated carbocycles. The Morgan fingerprint density at radius 1 is 0.520 bits per heavy atom. The van der Waals surface area contributed by atoms with E-state index in [1.807, 2.05) is 0 Å². The van der Waals surface area contributed by atoms with Crippen molar-refractivity contribution in [3.05, 3.63) is 0 Å². The summed E-state index contributed by atoms with van der Waals surface area (Å²) >= 11 is 0. The summed E-state index contributed by atoms with van der Waals surface area (Å²) in [6.45, 7) is 2.15. The van der Waals surface area contributed by atoms with Gasteiger partial charge in [-0.2, -0.15) is 0 Å². The van der Waals surface area contributed by atoms with E-state index in [9.17, 15) is 4.39 Å². The fourth-order valence-electron chi connectivity index (χ4n) is 2.75. The molecule has 5 heteroatoms. The highest BCUT2D eigenvalue weighted by atomic mass is 28.3. The Hall–Kier alpha value is 0.0269. The van der Waals surface area contributed by atoms with Crippen LogP contribution < -0.4 is 0 Å². The van der Waals surface area contributed by atoms with Crippen LogP contribution in [-0.4, -0.2) is 37.5 Å². The molecule has 0 heterocycles. The Labute approximate surface area is 159 Å². The number of halogens is 1. The standard InChI is InChI=1S/C17H35F.C3H10O3Si/c1-2-3-4-5-6-7-8-9-10-11-12-13-14-15-16-17-18;1-4-7(5-2)6-3/h2-17H2,1H3;7H,1-3H3. The van der Waals surface area contributed by atoms with Crippen LogP contribution in [0.5, 0.6) is 0 Å². The van der Waals surface area contributed by atoms with E-state index in [4.69, 9.17) is 13.3 Å². The van der Waals surface area contributed by atoms with Crippen molar-refractivity contribution < 1.29 is 17.7 Å². The zero-order valence-corrected chi connectivity index (χ0v) is 18.6. The molecule has 0 rings (SSSR count). The minimum atomic E-state index is -1.67. The molecule has 0 aliphatic heterocycles. The third kappa shape index (κ3) is 26.4. The van der Waals surface area contributed by atoms with Crippen molar-refractivity contribution in [2.24, 2.45) is 0 Å². The number of hydrogen-bond donors (Lipinski definition) is 0. The molecule has 3 nitrogen and oxygen atoms in total. The molecule has 0 spiro atoms. The van der Waals surface area contributed by atoms with Gasteiger partial charge < -0.3 is 13.3 Å². The Kier molecular flexibility index (Phi) is 28.6. The number of hydrogen-bond acceptors (Lipinski definition) is 3. The van der Waals surface area contributed by atoms with Gasteiger partial charge in [-0.25, -0.2) is 0 Å². The maximum Gasteiger partial charge on any atom is 0.483 e. The predicted molar refractivity (Wildman–Crippen MR) is 109 cm³/mol. The summed E-state index contributed by atoms with van der Waals surface area (Å²) in [5, 5.41) is 0. The van der Waals surface area contributed by atoms with E-state index in [0.29, 0.717) is 0 Å². The fraction of sp³-hybridized carbons (Fsp3) is 1.00. The largest absolute Gasteiger partial charge is 0.483 e. The van der Waals surface area contributed by atoms with Gasteiger partial charge in [0.2, 0.25) is 0 Å². The normalized spacial score (nSPS) is 10.8. The molecule has 0 unspecified atom stereocenters. The maximum atomic E-state index is 11.8. The Morgan fingerprint density at radius 2 is 0.800 bits per heavy atom. The van der Waals surface area contributed by atoms with Gasteiger partial charge in [-0.05, 0) is 6.42 Å². The average molecular weight is 381 g/mol. The van der Waals surface area contributed by atoms with Crippen LogP contribution in [0.4, 0.5) is 4.39 Å². The number of unbranched alkanes of at least 4 members (excludes halogenated alkanes) is 14. The van der Waals surface area contributed by atoms with E-state index in [0.717, 1.165) is 12.8 Å². The second-order valence-corrected chi connectivity index (χ2v) is 8.63. The molecular weight excluding hydrogens is 335 g/mol. The van der Waals surface area contributed by atoms with Gasteiger partial charge >= 0.3 is 9.53 Å². The van der Waals surface area contributed by atoms with Gasteiger partial charge in [-0.3, -0.25) is 4.39 Å². The lowest BCUT2D eigenvalue weighted by molar-refractivity contribution is 0.163. The Morgan fingerprint density at radius 3 is 1.00 bits per heavy atom. The lowest BCUT2D eigenvalue weighted by Gasteiger charge is -2.05. The molecule has 0 atom stereocenters. The molecule has 0 amide bonds. The third-order valence-electron chi connectivity index (χ3n) is 4.31. The molecule has 0 bridgehead atoms. The highest BCUT2D eigenvalue weighted by Crippen LogP contribution is 2.13. The van der Waals surface area contributed by atoms with Crippen LogP contribution in [-0.2, 0) is 13.3 Å². The van der Waals surface area contributed by atoms with Crippen LogP contribution in [0, 0.1) is 0 Å². The SMILES string of the molecule is CCCCCCCCCCCCCCCCCF.CO[SiH](OC)OC. The number of rotatable bonds is 18. The van der Waals surface area contributed by atoms with Crippen molar-refractivity contribution >= 4 is 9.53 Å². The minimum Gasteiger partial charge on any atom is -0.379 e. The summed E-state index contributed by atoms with van der Waals surface area (Å²) in [5.74, 6) is 0. The van der Waals surface area contributed by atoms with Crippen molar-refractivity contribution in [2.75, 3.05) is 28.0 Å². The van der Waals surface area contributed by atoms with Crippen LogP contribution >= 0.6 is 0 Å². The first-order chi connectivity index (χ1) is 12.3. The molecule has 154 valence electrons. The van der Waals surface area contributed by atoms with Crippen LogP contribution in [0.25, 0.3) is 0 Å². The lowest BCUT2D eigenvalue weighted by atomic mass is 10.0. The van der Waals surface area contributed by atoms with Gasteiger partial charge in [-0.15, -0.1) is 0 Å². The highest BCUT2D eigenvalue weighted by molar-refractivity contribution is 6.36. The minimum absolute atomic E-state index is 0.127. The van der Waals surface area contributed by atoms with Gasteiger partial charge in [0.05, 0.1) is 6.67 Å². The molecule has 0 aromatic heterocycles. The Balaban J connectivity index is 0. The van der Waals surface area contributed by atoms with Crippen molar-refractivity contribution in [3.8, 4) is 0 Å². The van der Waals surface area contributed by atoms with E-state index < -0.39 is 9.53 Å². The predicted octanol–water partition coefficient (Wildman–Crippen LogP) is 6.47. The molecule has 0 N–H and O–H groups in total. The van der Waals surface area contributed by atoms with Gasteiger partial charge in [0, 0.05) is 21.3 Å². The summed E-state index contributed by atoms with van der Waals surface area (Å²) in [7, 11) is 3.05. The van der Waals surface area contributed by atoms with Gasteiger partial charge in [0.15, 0.2) is 0 Å². The first-order valence-electron chi connectivity index (χ1n) is 10.4. The first-order valence-corrected chi connectivity index (χ1v) is 11.8. The van der Waals surface area contributed by atoms with Gasteiger partial charge in [-0.1, -0.05) is 96.8 Å². The first kappa shape index (κ1) is 27.2. The fourth-order valence-corrected chi connectivity index (χ4v) is 3.33. The van der Waals surface area contributed by atoms with Crippen LogP contribution in [0.1, 0.15) is 103 Å². The van der Waals surface area contributed by atoms with Crippen LogP contribution in [0.3, 0.4) is 0 Å². The van der Waals surface area contributed by atoms with E-state index in [2.05, 4.69) is 6.92 Å². The monoisotopic (exact) mass is 380 g/mol. The molecule has 0 aromatic rings. The summed E-state index contributed by atoms with van der Waals surface area (Å²) in [6, 6.07) is 0. The summed E-state index contributed by atoms with van der Waals surface area (Å²) in [4.78, 5) is 0. The smallest absolute Gasteiger partial charge is 0.379 e. The topological polar surface area (TPSA) is 27.7 Å². The second kappa shape index (κ2) is 26.3. The molecule has 0 aliphatic rings. The molecule has 25 heavy (non-hydrogen) atoms. The quantitative estimate of drug-likeness (QED) is 0.201. The van der Waals surface area contributed by atoms with Crippen molar-refractivity contribution in [1.29, 1.82) is 0 Å². The van der Waals surface area contributed by atoms with Crippen LogP contribution in [0.2, 0.25) is 0 Å². The summed E-state index contributed by atoms with van der Waals surface area (Å²) < 4.78 is 26.1. The second-order valence-electron chi connectivity index (χ2n) is 6.63. The lowest BCUT2D eigenvalue weighted by Crippen LogP contribution is -2.21. The third-order valence-corrected chi connectivity index (χ3v) is 5.47. The van der Waals surface area contributed by atoms with E-state index in [-0.39, 0.29) is 6.67 Å².